The monoisotopic (exact) mass is 222 g/mol. The molecule has 0 aromatic carbocycles. The number of hydrogen-bond acceptors (Lipinski definition) is 1. The summed E-state index contributed by atoms with van der Waals surface area (Å²) in [5.74, 6) is 0. The van der Waals surface area contributed by atoms with Crippen molar-refractivity contribution < 1.29 is 18.0 Å². The van der Waals surface area contributed by atoms with Crippen molar-refractivity contribution in [2.75, 3.05) is 19.6 Å². The van der Waals surface area contributed by atoms with Crippen LogP contribution in [-0.2, 0) is 0 Å². The molecule has 86 valence electrons. The lowest BCUT2D eigenvalue weighted by molar-refractivity contribution is -0.0956. The van der Waals surface area contributed by atoms with E-state index in [1.807, 2.05) is 0 Å². The highest BCUT2D eigenvalue weighted by atomic mass is 19.4. The number of hydrogen-bond donors (Lipinski definition) is 1. The summed E-state index contributed by atoms with van der Waals surface area (Å²) >= 11 is 0. The molecule has 0 radical (unpaired) electrons. The molecule has 0 spiro atoms. The van der Waals surface area contributed by atoms with Crippen molar-refractivity contribution in [3.63, 3.8) is 0 Å². The van der Waals surface area contributed by atoms with Gasteiger partial charge in [0.05, 0.1) is 0 Å². The lowest BCUT2D eigenvalue weighted by Crippen LogP contribution is -2.43. The Morgan fingerprint density at radius 3 is 2.67 bits per heavy atom. The van der Waals surface area contributed by atoms with Crippen LogP contribution in [0.2, 0.25) is 0 Å². The Morgan fingerprint density at radius 1 is 1.60 bits per heavy atom. The van der Waals surface area contributed by atoms with Gasteiger partial charge in [-0.25, -0.2) is 4.79 Å². The molecule has 15 heavy (non-hydrogen) atoms. The third kappa shape index (κ3) is 3.14. The van der Waals surface area contributed by atoms with E-state index < -0.39 is 11.7 Å². The molecule has 3 nitrogen and oxygen atoms in total. The molecule has 1 aliphatic rings. The van der Waals surface area contributed by atoms with Gasteiger partial charge in [0.2, 0.25) is 0 Å². The summed E-state index contributed by atoms with van der Waals surface area (Å²) in [6, 6.07) is -0.310. The van der Waals surface area contributed by atoms with Gasteiger partial charge in [0, 0.05) is 25.2 Å². The minimum absolute atomic E-state index is 0.0284. The second kappa shape index (κ2) is 4.55. The van der Waals surface area contributed by atoms with E-state index >= 15 is 0 Å². The lowest BCUT2D eigenvalue weighted by Gasteiger charge is -2.27. The Labute approximate surface area is 85.9 Å². The summed E-state index contributed by atoms with van der Waals surface area (Å²) < 4.78 is 36.7. The fourth-order valence-electron chi connectivity index (χ4n) is 1.37. The van der Waals surface area contributed by atoms with Crippen LogP contribution in [0.1, 0.15) is 13.3 Å². The van der Waals surface area contributed by atoms with Crippen LogP contribution in [0.5, 0.6) is 0 Å². The van der Waals surface area contributed by atoms with Gasteiger partial charge in [-0.15, -0.1) is 0 Å². The molecule has 1 aliphatic heterocycles. The Balaban J connectivity index is 2.54. The number of amides is 2. The highest BCUT2D eigenvalue weighted by Gasteiger charge is 2.35. The summed E-state index contributed by atoms with van der Waals surface area (Å²) in [7, 11) is 0. The molecule has 1 rings (SSSR count). The number of carbonyl (C=O) groups is 1. The van der Waals surface area contributed by atoms with Gasteiger partial charge in [-0.05, 0) is 13.3 Å². The summed E-state index contributed by atoms with van der Waals surface area (Å²) in [4.78, 5) is 12.6. The second-order valence-corrected chi connectivity index (χ2v) is 3.26. The summed E-state index contributed by atoms with van der Waals surface area (Å²) in [5, 5.41) is 2.55. The molecule has 0 bridgehead atoms. The van der Waals surface area contributed by atoms with Crippen molar-refractivity contribution in [2.24, 2.45) is 0 Å². The van der Waals surface area contributed by atoms with E-state index in [1.165, 1.54) is 4.90 Å². The zero-order valence-corrected chi connectivity index (χ0v) is 8.40. The third-order valence-electron chi connectivity index (χ3n) is 2.19. The molecule has 0 atom stereocenters. The predicted octanol–water partition coefficient (Wildman–Crippen LogP) is 1.91. The first-order valence-electron chi connectivity index (χ1n) is 4.74. The Kier molecular flexibility index (Phi) is 3.60. The van der Waals surface area contributed by atoms with Gasteiger partial charge in [0.1, 0.15) is 0 Å². The van der Waals surface area contributed by atoms with E-state index in [0.717, 1.165) is 6.08 Å². The first-order valence-corrected chi connectivity index (χ1v) is 4.74. The molecule has 0 aromatic rings. The lowest BCUT2D eigenvalue weighted by atomic mass is 10.1. The maximum absolute atomic E-state index is 12.2. The van der Waals surface area contributed by atoms with Crippen molar-refractivity contribution in [1.29, 1.82) is 0 Å². The average molecular weight is 222 g/mol. The second-order valence-electron chi connectivity index (χ2n) is 3.26. The highest BCUT2D eigenvalue weighted by Crippen LogP contribution is 2.29. The summed E-state index contributed by atoms with van der Waals surface area (Å²) in [6.07, 6.45) is -3.31. The molecule has 0 saturated carbocycles. The first kappa shape index (κ1) is 11.9. The van der Waals surface area contributed by atoms with E-state index in [0.29, 0.717) is 6.54 Å². The molecule has 0 unspecified atom stereocenters. The van der Waals surface area contributed by atoms with Crippen molar-refractivity contribution in [3.8, 4) is 0 Å². The molecular weight excluding hydrogens is 209 g/mol. The smallest absolute Gasteiger partial charge is 0.338 e. The largest absolute Gasteiger partial charge is 0.412 e. The Hall–Kier alpha value is -1.20. The van der Waals surface area contributed by atoms with Crippen LogP contribution in [0, 0.1) is 0 Å². The van der Waals surface area contributed by atoms with Crippen molar-refractivity contribution in [1.82, 2.24) is 10.2 Å². The number of rotatable bonds is 1. The number of nitrogens with one attached hydrogen (secondary N) is 1. The molecule has 0 fully saturated rings. The van der Waals surface area contributed by atoms with Crippen LogP contribution in [0.3, 0.4) is 0 Å². The minimum Gasteiger partial charge on any atom is -0.338 e. The van der Waals surface area contributed by atoms with E-state index in [1.54, 1.807) is 6.92 Å². The topological polar surface area (TPSA) is 32.3 Å². The highest BCUT2D eigenvalue weighted by molar-refractivity contribution is 5.74. The van der Waals surface area contributed by atoms with Crippen molar-refractivity contribution in [3.05, 3.63) is 11.6 Å². The number of nitrogens with zero attached hydrogens (tertiary/aromatic N) is 1. The summed E-state index contributed by atoms with van der Waals surface area (Å²) in [6.45, 7) is 2.39. The fourth-order valence-corrected chi connectivity index (χ4v) is 1.37. The Morgan fingerprint density at radius 2 is 2.27 bits per heavy atom. The number of halogens is 3. The predicted molar refractivity (Wildman–Crippen MR) is 49.4 cm³/mol. The molecular formula is C9H13F3N2O. The normalized spacial score (nSPS) is 17.3. The van der Waals surface area contributed by atoms with Crippen LogP contribution >= 0.6 is 0 Å². The van der Waals surface area contributed by atoms with Gasteiger partial charge in [-0.2, -0.15) is 13.2 Å². The van der Waals surface area contributed by atoms with Crippen molar-refractivity contribution >= 4 is 6.03 Å². The molecule has 1 heterocycles. The van der Waals surface area contributed by atoms with Gasteiger partial charge >= 0.3 is 12.2 Å². The zero-order chi connectivity index (χ0) is 11.5. The molecule has 0 aliphatic carbocycles. The van der Waals surface area contributed by atoms with Crippen LogP contribution in [0.25, 0.3) is 0 Å². The zero-order valence-electron chi connectivity index (χ0n) is 8.40. The van der Waals surface area contributed by atoms with Gasteiger partial charge in [-0.3, -0.25) is 0 Å². The Bertz CT molecular complexity index is 273. The van der Waals surface area contributed by atoms with E-state index in [2.05, 4.69) is 5.32 Å². The van der Waals surface area contributed by atoms with Gasteiger partial charge in [-0.1, -0.05) is 6.08 Å². The number of alkyl halides is 3. The minimum atomic E-state index is -4.26. The van der Waals surface area contributed by atoms with Crippen LogP contribution in [0.4, 0.5) is 18.0 Å². The third-order valence-corrected chi connectivity index (χ3v) is 2.19. The van der Waals surface area contributed by atoms with Crippen LogP contribution < -0.4 is 5.32 Å². The SMILES string of the molecule is CCNC(=O)N1CC=C(C(F)(F)F)CC1. The molecule has 1 N–H and O–H groups in total. The van der Waals surface area contributed by atoms with Gasteiger partial charge in [0.15, 0.2) is 0 Å². The molecule has 0 saturated heterocycles. The first-order chi connectivity index (χ1) is 6.95. The van der Waals surface area contributed by atoms with E-state index in [4.69, 9.17) is 0 Å². The molecule has 0 aromatic heterocycles. The quantitative estimate of drug-likeness (QED) is 0.675. The maximum Gasteiger partial charge on any atom is 0.412 e. The molecule has 2 amide bonds. The van der Waals surface area contributed by atoms with Gasteiger partial charge < -0.3 is 10.2 Å². The molecule has 6 heteroatoms. The van der Waals surface area contributed by atoms with Crippen LogP contribution in [0.15, 0.2) is 11.6 Å². The summed E-state index contributed by atoms with van der Waals surface area (Å²) in [5.41, 5.74) is -0.539. The maximum atomic E-state index is 12.2. The fraction of sp³-hybridized carbons (Fsp3) is 0.667. The number of urea groups is 1. The average Bonchev–Trinajstić information content (AvgIpc) is 2.17. The standard InChI is InChI=1S/C9H13F3N2O/c1-2-13-8(15)14-5-3-7(4-6-14)9(10,11)12/h3H,2,4-6H2,1H3,(H,13,15). The van der Waals surface area contributed by atoms with E-state index in [-0.39, 0.29) is 25.5 Å². The van der Waals surface area contributed by atoms with E-state index in [9.17, 15) is 18.0 Å². The number of carbonyl (C=O) groups excluding carboxylic acids is 1. The van der Waals surface area contributed by atoms with Crippen molar-refractivity contribution in [2.45, 2.75) is 19.5 Å². The van der Waals surface area contributed by atoms with Crippen LogP contribution in [-0.4, -0.2) is 36.7 Å². The van der Waals surface area contributed by atoms with Gasteiger partial charge in [0.25, 0.3) is 0 Å².